The molecule has 0 aromatic heterocycles. The summed E-state index contributed by atoms with van der Waals surface area (Å²) in [6.07, 6.45) is 0. The van der Waals surface area contributed by atoms with Crippen LogP contribution in [0, 0.1) is 0 Å². The molecular formula is C16H24N8O8. The molecule has 0 radical (unpaired) electrons. The minimum atomic E-state index is 0.0442. The van der Waals surface area contributed by atoms with Crippen LogP contribution in [0.5, 0.6) is 0 Å². The summed E-state index contributed by atoms with van der Waals surface area (Å²) in [6.45, 7) is 11.9. The lowest BCUT2D eigenvalue weighted by atomic mass is 10.8. The zero-order valence-electron chi connectivity index (χ0n) is 18.8. The van der Waals surface area contributed by atoms with Crippen molar-refractivity contribution in [2.45, 2.75) is 55.4 Å². The van der Waals surface area contributed by atoms with E-state index >= 15 is 0 Å². The Balaban J connectivity index is 2.99. The molecule has 0 saturated carbocycles. The van der Waals surface area contributed by atoms with E-state index in [1.165, 1.54) is 55.4 Å². The molecular weight excluding hydrogens is 432 g/mol. The first-order chi connectivity index (χ1) is 15.2. The van der Waals surface area contributed by atoms with E-state index in [1.807, 2.05) is 0 Å². The lowest BCUT2D eigenvalue weighted by Gasteiger charge is -2.03. The second-order valence-corrected chi connectivity index (χ2v) is 5.61. The van der Waals surface area contributed by atoms with Gasteiger partial charge < -0.3 is 38.7 Å². The second kappa shape index (κ2) is 13.9. The highest BCUT2D eigenvalue weighted by Gasteiger charge is 2.02. The Kier molecular flexibility index (Phi) is 11.2. The number of rotatable bonds is 0. The van der Waals surface area contributed by atoms with Crippen molar-refractivity contribution in [3.8, 4) is 0 Å². The number of nitrogens with zero attached hydrogens (tertiary/aromatic N) is 8. The molecule has 1 aliphatic heterocycles. The summed E-state index contributed by atoms with van der Waals surface area (Å²) in [5.74, 6) is 0.353. The van der Waals surface area contributed by atoms with Crippen LogP contribution in [-0.4, -0.2) is 47.2 Å². The summed E-state index contributed by atoms with van der Waals surface area (Å²) < 4.78 is 0. The van der Waals surface area contributed by atoms with Crippen molar-refractivity contribution < 1.29 is 38.7 Å². The van der Waals surface area contributed by atoms with E-state index in [4.69, 9.17) is 38.7 Å². The van der Waals surface area contributed by atoms with Crippen LogP contribution >= 0.6 is 0 Å². The van der Waals surface area contributed by atoms with Gasteiger partial charge in [-0.25, -0.2) is 0 Å². The lowest BCUT2D eigenvalue weighted by Crippen LogP contribution is -2.06. The summed E-state index contributed by atoms with van der Waals surface area (Å²) in [6, 6.07) is 0. The van der Waals surface area contributed by atoms with Crippen LogP contribution in [0.4, 0.5) is 0 Å². The van der Waals surface area contributed by atoms with Crippen LogP contribution in [0.2, 0.25) is 0 Å². The predicted molar refractivity (Wildman–Crippen MR) is 114 cm³/mol. The van der Waals surface area contributed by atoms with Gasteiger partial charge in [-0.3, -0.25) is 0 Å². The van der Waals surface area contributed by atoms with Gasteiger partial charge in [0.25, 0.3) is 47.2 Å². The van der Waals surface area contributed by atoms with E-state index < -0.39 is 0 Å². The Morgan fingerprint density at radius 1 is 0.250 bits per heavy atom. The molecule has 176 valence electrons. The van der Waals surface area contributed by atoms with Gasteiger partial charge in [-0.05, 0) is 41.2 Å². The van der Waals surface area contributed by atoms with Crippen LogP contribution in [-0.2, 0) is 38.7 Å². The first-order valence-corrected chi connectivity index (χ1v) is 8.88. The second-order valence-electron chi connectivity index (χ2n) is 5.61. The zero-order chi connectivity index (χ0) is 23.9. The van der Waals surface area contributed by atoms with Crippen molar-refractivity contribution in [2.75, 3.05) is 0 Å². The van der Waals surface area contributed by atoms with Crippen LogP contribution in [0.25, 0.3) is 0 Å². The SMILES string of the molecule is CC1=NOC(C)=NOC(C)=NOC(C)=NOC(C)=NOC(C)=NOC(C)=NOC(C)=NO1. The average molecular weight is 456 g/mol. The van der Waals surface area contributed by atoms with E-state index in [2.05, 4.69) is 41.2 Å². The largest absolute Gasteiger partial charge is 0.335 e. The highest BCUT2D eigenvalue weighted by Crippen LogP contribution is 1.96. The molecule has 0 atom stereocenters. The van der Waals surface area contributed by atoms with Crippen LogP contribution in [0.15, 0.2) is 41.2 Å². The molecule has 0 unspecified atom stereocenters. The maximum absolute atomic E-state index is 4.99. The lowest BCUT2D eigenvalue weighted by molar-refractivity contribution is 0.213. The molecule has 0 bridgehead atoms. The molecule has 0 amide bonds. The van der Waals surface area contributed by atoms with E-state index in [1.54, 1.807) is 0 Å². The molecule has 16 heteroatoms. The van der Waals surface area contributed by atoms with Gasteiger partial charge in [-0.2, -0.15) is 0 Å². The molecule has 0 fully saturated rings. The fourth-order valence-electron chi connectivity index (χ4n) is 1.18. The molecule has 0 saturated heterocycles. The van der Waals surface area contributed by atoms with Crippen molar-refractivity contribution in [1.29, 1.82) is 0 Å². The molecule has 1 aliphatic rings. The fourth-order valence-corrected chi connectivity index (χ4v) is 1.18. The molecule has 1 heterocycles. The average Bonchev–Trinajstić information content (AvgIpc) is 2.77. The fraction of sp³-hybridized carbons (Fsp3) is 0.500. The van der Waals surface area contributed by atoms with Gasteiger partial charge in [-0.1, -0.05) is 0 Å². The standard InChI is InChI=1S/C16H24N8O8/c1-9-17-26-11(3)19-28-13(5)21-30-15(7)23-32-16(8)24-31-14(6)22-29-12(4)20-27-10(2)18-25-9/h1-8H3. The normalized spacial score (nSPS) is 17.8. The van der Waals surface area contributed by atoms with Gasteiger partial charge in [0.05, 0.1) is 0 Å². The molecule has 0 aromatic carbocycles. The van der Waals surface area contributed by atoms with Crippen molar-refractivity contribution in [3.05, 3.63) is 0 Å². The van der Waals surface area contributed by atoms with Crippen molar-refractivity contribution in [1.82, 2.24) is 0 Å². The topological polar surface area (TPSA) is 173 Å². The Morgan fingerprint density at radius 2 is 0.344 bits per heavy atom. The summed E-state index contributed by atoms with van der Waals surface area (Å²) in [7, 11) is 0. The number of hydrogen-bond acceptors (Lipinski definition) is 16. The number of hydrogen-bond donors (Lipinski definition) is 0. The summed E-state index contributed by atoms with van der Waals surface area (Å²) in [5.41, 5.74) is 0. The molecule has 1 rings (SSSR count). The van der Waals surface area contributed by atoms with Gasteiger partial charge in [0.2, 0.25) is 0 Å². The van der Waals surface area contributed by atoms with Gasteiger partial charge in [0.15, 0.2) is 0 Å². The van der Waals surface area contributed by atoms with Crippen LogP contribution < -0.4 is 0 Å². The molecule has 32 heavy (non-hydrogen) atoms. The van der Waals surface area contributed by atoms with Crippen LogP contribution in [0.1, 0.15) is 55.4 Å². The third-order valence-corrected chi connectivity index (χ3v) is 2.45. The van der Waals surface area contributed by atoms with E-state index in [0.29, 0.717) is 0 Å². The van der Waals surface area contributed by atoms with Gasteiger partial charge in [-0.15, -0.1) is 0 Å². The van der Waals surface area contributed by atoms with Crippen LogP contribution in [0.3, 0.4) is 0 Å². The Hall–Kier alpha value is -4.24. The summed E-state index contributed by atoms with van der Waals surface area (Å²) in [4.78, 5) is 39.9. The Bertz CT molecular complexity index is 672. The molecule has 0 aliphatic carbocycles. The smallest absolute Gasteiger partial charge is 0.258 e. The van der Waals surface area contributed by atoms with Gasteiger partial charge in [0, 0.05) is 55.4 Å². The summed E-state index contributed by atoms with van der Waals surface area (Å²) >= 11 is 0. The number of oxime groups is 8. The first kappa shape index (κ1) is 25.8. The highest BCUT2D eigenvalue weighted by molar-refractivity contribution is 5.81. The summed E-state index contributed by atoms with van der Waals surface area (Å²) in [5, 5.41) is 29.2. The first-order valence-electron chi connectivity index (χ1n) is 8.88. The molecule has 0 aromatic rings. The Morgan fingerprint density at radius 3 is 0.438 bits per heavy atom. The van der Waals surface area contributed by atoms with Crippen molar-refractivity contribution in [3.63, 3.8) is 0 Å². The monoisotopic (exact) mass is 456 g/mol. The van der Waals surface area contributed by atoms with E-state index in [-0.39, 0.29) is 47.2 Å². The van der Waals surface area contributed by atoms with E-state index in [9.17, 15) is 0 Å². The third-order valence-electron chi connectivity index (χ3n) is 2.45. The maximum Gasteiger partial charge on any atom is 0.258 e. The highest BCUT2D eigenvalue weighted by atomic mass is 16.8. The molecule has 16 nitrogen and oxygen atoms in total. The van der Waals surface area contributed by atoms with Gasteiger partial charge in [0.1, 0.15) is 0 Å². The van der Waals surface area contributed by atoms with Crippen molar-refractivity contribution >= 4 is 47.2 Å². The zero-order valence-corrected chi connectivity index (χ0v) is 18.8. The quantitative estimate of drug-likeness (QED) is 0.535. The van der Waals surface area contributed by atoms with Gasteiger partial charge >= 0.3 is 0 Å². The molecule has 0 N–H and O–H groups in total. The Labute approximate surface area is 183 Å². The minimum absolute atomic E-state index is 0.0442. The maximum atomic E-state index is 4.99. The molecule has 0 spiro atoms. The minimum Gasteiger partial charge on any atom is -0.335 e. The van der Waals surface area contributed by atoms with Crippen molar-refractivity contribution in [2.24, 2.45) is 41.2 Å². The predicted octanol–water partition coefficient (Wildman–Crippen LogP) is 2.80. The third kappa shape index (κ3) is 12.3. The van der Waals surface area contributed by atoms with E-state index in [0.717, 1.165) is 0 Å².